The monoisotopic (exact) mass is 363 g/mol. The van der Waals surface area contributed by atoms with Crippen molar-refractivity contribution in [3.63, 3.8) is 0 Å². The highest BCUT2D eigenvalue weighted by molar-refractivity contribution is 7.89. The second-order valence-corrected chi connectivity index (χ2v) is 7.17. The van der Waals surface area contributed by atoms with Crippen molar-refractivity contribution < 1.29 is 22.7 Å². The van der Waals surface area contributed by atoms with Crippen molar-refractivity contribution in [2.45, 2.75) is 17.9 Å². The lowest BCUT2D eigenvalue weighted by Gasteiger charge is -2.19. The smallest absolute Gasteiger partial charge is 0.240 e. The molecule has 0 bridgehead atoms. The van der Waals surface area contributed by atoms with Crippen LogP contribution in [0, 0.1) is 0 Å². The molecule has 0 aromatic heterocycles. The molecule has 0 fully saturated rings. The van der Waals surface area contributed by atoms with Gasteiger partial charge in [-0.15, -0.1) is 0 Å². The molecule has 2 aromatic rings. The van der Waals surface area contributed by atoms with Gasteiger partial charge >= 0.3 is 0 Å². The Labute approximate surface area is 147 Å². The highest BCUT2D eigenvalue weighted by Crippen LogP contribution is 2.26. The largest absolute Gasteiger partial charge is 0.496 e. The number of rotatable bonds is 8. The minimum atomic E-state index is -3.77. The lowest BCUT2D eigenvalue weighted by molar-refractivity contribution is 0.101. The minimum Gasteiger partial charge on any atom is -0.496 e. The summed E-state index contributed by atoms with van der Waals surface area (Å²) < 4.78 is 38.2. The van der Waals surface area contributed by atoms with Crippen LogP contribution in [0.3, 0.4) is 0 Å². The van der Waals surface area contributed by atoms with Gasteiger partial charge in [0.05, 0.1) is 18.1 Å². The van der Waals surface area contributed by atoms with Crippen LogP contribution < -0.4 is 9.46 Å². The molecule has 7 heteroatoms. The van der Waals surface area contributed by atoms with Crippen LogP contribution in [0.15, 0.2) is 53.4 Å². The molecule has 0 aliphatic rings. The molecule has 2 aromatic carbocycles. The molecule has 0 amide bonds. The highest BCUT2D eigenvalue weighted by Gasteiger charge is 2.20. The number of para-hydroxylation sites is 1. The Hall–Kier alpha value is -2.22. The summed E-state index contributed by atoms with van der Waals surface area (Å²) in [7, 11) is -0.726. The SMILES string of the molecule is COc1ccccc1C(CNS(=O)(=O)c1cccc(C(C)=O)c1)OC. The van der Waals surface area contributed by atoms with Gasteiger partial charge in [0.25, 0.3) is 0 Å². The Bertz CT molecular complexity index is 848. The fourth-order valence-corrected chi connectivity index (χ4v) is 3.48. The summed E-state index contributed by atoms with van der Waals surface area (Å²) in [5, 5.41) is 0. The predicted octanol–water partition coefficient (Wildman–Crippen LogP) is 2.56. The van der Waals surface area contributed by atoms with Crippen molar-refractivity contribution in [2.24, 2.45) is 0 Å². The topological polar surface area (TPSA) is 81.7 Å². The van der Waals surface area contributed by atoms with E-state index in [1.54, 1.807) is 25.3 Å². The van der Waals surface area contributed by atoms with E-state index in [1.165, 1.54) is 26.2 Å². The summed E-state index contributed by atoms with van der Waals surface area (Å²) in [4.78, 5) is 11.5. The van der Waals surface area contributed by atoms with Crippen molar-refractivity contribution >= 4 is 15.8 Å². The summed E-state index contributed by atoms with van der Waals surface area (Å²) in [5.74, 6) is 0.424. The molecule has 0 aliphatic carbocycles. The molecule has 134 valence electrons. The first-order chi connectivity index (χ1) is 11.9. The third kappa shape index (κ3) is 4.66. The zero-order valence-corrected chi connectivity index (χ0v) is 15.2. The zero-order valence-electron chi connectivity index (χ0n) is 14.4. The van der Waals surface area contributed by atoms with Gasteiger partial charge in [0.2, 0.25) is 10.0 Å². The molecule has 0 radical (unpaired) electrons. The molecule has 0 saturated heterocycles. The fraction of sp³-hybridized carbons (Fsp3) is 0.278. The van der Waals surface area contributed by atoms with E-state index in [9.17, 15) is 13.2 Å². The number of hydrogen-bond donors (Lipinski definition) is 1. The van der Waals surface area contributed by atoms with Gasteiger partial charge in [0.1, 0.15) is 5.75 Å². The quantitative estimate of drug-likeness (QED) is 0.729. The lowest BCUT2D eigenvalue weighted by atomic mass is 10.1. The number of Topliss-reactive ketones (excluding diaryl/α,β-unsaturated/α-hetero) is 1. The van der Waals surface area contributed by atoms with E-state index in [1.807, 2.05) is 18.2 Å². The third-order valence-electron chi connectivity index (χ3n) is 3.78. The van der Waals surface area contributed by atoms with Crippen LogP contribution in [0.2, 0.25) is 0 Å². The first-order valence-electron chi connectivity index (χ1n) is 7.65. The van der Waals surface area contributed by atoms with E-state index in [2.05, 4.69) is 4.72 Å². The van der Waals surface area contributed by atoms with Gasteiger partial charge in [-0.05, 0) is 25.1 Å². The Balaban J connectivity index is 2.20. The second kappa shape index (κ2) is 8.24. The van der Waals surface area contributed by atoms with Crippen molar-refractivity contribution in [1.82, 2.24) is 4.72 Å². The minimum absolute atomic E-state index is 0.0313. The standard InChI is InChI=1S/C18H21NO5S/c1-13(20)14-7-6-8-15(11-14)25(21,22)19-12-18(24-3)16-9-4-5-10-17(16)23-2/h4-11,18-19H,12H2,1-3H3. The summed E-state index contributed by atoms with van der Waals surface area (Å²) in [6.07, 6.45) is -0.512. The molecule has 2 rings (SSSR count). The normalized spacial score (nSPS) is 12.6. The summed E-state index contributed by atoms with van der Waals surface area (Å²) >= 11 is 0. The molecule has 0 spiro atoms. The molecule has 0 heterocycles. The number of ketones is 1. The lowest BCUT2D eigenvalue weighted by Crippen LogP contribution is -2.29. The molecular formula is C18H21NO5S. The van der Waals surface area contributed by atoms with Crippen LogP contribution in [-0.2, 0) is 14.8 Å². The van der Waals surface area contributed by atoms with E-state index in [0.29, 0.717) is 11.3 Å². The molecule has 0 saturated carbocycles. The van der Waals surface area contributed by atoms with Crippen molar-refractivity contribution in [2.75, 3.05) is 20.8 Å². The van der Waals surface area contributed by atoms with Crippen LogP contribution in [0.25, 0.3) is 0 Å². The van der Waals surface area contributed by atoms with E-state index in [-0.39, 0.29) is 17.2 Å². The first-order valence-corrected chi connectivity index (χ1v) is 9.13. The van der Waals surface area contributed by atoms with Gasteiger partial charge in [-0.1, -0.05) is 30.3 Å². The maximum absolute atomic E-state index is 12.5. The number of methoxy groups -OCH3 is 2. The zero-order chi connectivity index (χ0) is 18.4. The average Bonchev–Trinajstić information content (AvgIpc) is 2.62. The van der Waals surface area contributed by atoms with E-state index in [0.717, 1.165) is 5.56 Å². The number of benzene rings is 2. The molecule has 1 atom stereocenters. The van der Waals surface area contributed by atoms with Crippen LogP contribution in [0.4, 0.5) is 0 Å². The van der Waals surface area contributed by atoms with E-state index >= 15 is 0 Å². The molecule has 1 N–H and O–H groups in total. The number of nitrogens with one attached hydrogen (secondary N) is 1. The van der Waals surface area contributed by atoms with Gasteiger partial charge < -0.3 is 9.47 Å². The maximum atomic E-state index is 12.5. The maximum Gasteiger partial charge on any atom is 0.240 e. The Morgan fingerprint density at radius 1 is 1.12 bits per heavy atom. The third-order valence-corrected chi connectivity index (χ3v) is 5.20. The molecule has 25 heavy (non-hydrogen) atoms. The van der Waals surface area contributed by atoms with Crippen LogP contribution >= 0.6 is 0 Å². The van der Waals surface area contributed by atoms with Crippen LogP contribution in [0.1, 0.15) is 28.9 Å². The summed E-state index contributed by atoms with van der Waals surface area (Å²) in [5.41, 5.74) is 1.09. The Morgan fingerprint density at radius 2 is 1.84 bits per heavy atom. The van der Waals surface area contributed by atoms with Gasteiger partial charge in [0.15, 0.2) is 5.78 Å². The van der Waals surface area contributed by atoms with Crippen LogP contribution in [0.5, 0.6) is 5.75 Å². The van der Waals surface area contributed by atoms with E-state index < -0.39 is 16.1 Å². The number of hydrogen-bond acceptors (Lipinski definition) is 5. The van der Waals surface area contributed by atoms with Gasteiger partial charge in [-0.3, -0.25) is 4.79 Å². The highest BCUT2D eigenvalue weighted by atomic mass is 32.2. The molecule has 6 nitrogen and oxygen atoms in total. The summed E-state index contributed by atoms with van der Waals surface area (Å²) in [6.45, 7) is 1.42. The van der Waals surface area contributed by atoms with Crippen molar-refractivity contribution in [3.8, 4) is 5.75 Å². The Kier molecular flexibility index (Phi) is 6.30. The molecule has 0 aliphatic heterocycles. The van der Waals surface area contributed by atoms with Gasteiger partial charge in [0, 0.05) is 24.8 Å². The molecule has 1 unspecified atom stereocenters. The Morgan fingerprint density at radius 3 is 2.48 bits per heavy atom. The number of ether oxygens (including phenoxy) is 2. The number of sulfonamides is 1. The van der Waals surface area contributed by atoms with Crippen molar-refractivity contribution in [3.05, 3.63) is 59.7 Å². The van der Waals surface area contributed by atoms with Gasteiger partial charge in [-0.2, -0.15) is 0 Å². The average molecular weight is 363 g/mol. The first kappa shape index (κ1) is 19.1. The summed E-state index contributed by atoms with van der Waals surface area (Å²) in [6, 6.07) is 13.2. The second-order valence-electron chi connectivity index (χ2n) is 5.40. The number of carbonyl (C=O) groups is 1. The fourth-order valence-electron chi connectivity index (χ4n) is 2.40. The predicted molar refractivity (Wildman–Crippen MR) is 94.4 cm³/mol. The number of carbonyl (C=O) groups excluding carboxylic acids is 1. The molecular weight excluding hydrogens is 342 g/mol. The van der Waals surface area contributed by atoms with Gasteiger partial charge in [-0.25, -0.2) is 13.1 Å². The van der Waals surface area contributed by atoms with Crippen molar-refractivity contribution in [1.29, 1.82) is 0 Å². The van der Waals surface area contributed by atoms with Crippen LogP contribution in [-0.4, -0.2) is 35.0 Å². The van der Waals surface area contributed by atoms with E-state index in [4.69, 9.17) is 9.47 Å².